The zero-order chi connectivity index (χ0) is 11.3. The van der Waals surface area contributed by atoms with Crippen LogP contribution in [0.1, 0.15) is 43.7 Å². The van der Waals surface area contributed by atoms with Crippen molar-refractivity contribution in [2.45, 2.75) is 44.3 Å². The van der Waals surface area contributed by atoms with Gasteiger partial charge in [-0.3, -0.25) is 0 Å². The van der Waals surface area contributed by atoms with Crippen LogP contribution in [0.25, 0.3) is 0 Å². The highest BCUT2D eigenvalue weighted by atomic mass is 16.5. The van der Waals surface area contributed by atoms with Gasteiger partial charge in [0.25, 0.3) is 0 Å². The summed E-state index contributed by atoms with van der Waals surface area (Å²) in [6.07, 6.45) is 4.93. The van der Waals surface area contributed by atoms with Gasteiger partial charge in [-0.15, -0.1) is 0 Å². The Balaban J connectivity index is 1.94. The molecule has 2 bridgehead atoms. The van der Waals surface area contributed by atoms with Crippen LogP contribution < -0.4 is 0 Å². The van der Waals surface area contributed by atoms with Crippen LogP contribution in [0.5, 0.6) is 0 Å². The summed E-state index contributed by atoms with van der Waals surface area (Å²) in [6, 6.07) is 8.73. The first-order valence-electron chi connectivity index (χ1n) is 6.01. The predicted molar refractivity (Wildman–Crippen MR) is 65.7 cm³/mol. The van der Waals surface area contributed by atoms with Gasteiger partial charge in [-0.05, 0) is 31.9 Å². The van der Waals surface area contributed by atoms with E-state index in [2.05, 4.69) is 57.2 Å². The molecule has 0 aliphatic heterocycles. The molecular formula is C15H18O. The first-order chi connectivity index (χ1) is 7.56. The third kappa shape index (κ3) is 1.42. The molecule has 2 unspecified atom stereocenters. The molecule has 0 heterocycles. The summed E-state index contributed by atoms with van der Waals surface area (Å²) in [4.78, 5) is 0. The van der Waals surface area contributed by atoms with E-state index in [1.807, 2.05) is 0 Å². The van der Waals surface area contributed by atoms with Gasteiger partial charge in [0, 0.05) is 11.8 Å². The van der Waals surface area contributed by atoms with Crippen molar-refractivity contribution in [3.05, 3.63) is 47.5 Å². The number of ether oxygens (including phenoxy) is 1. The normalized spacial score (nSPS) is 30.8. The van der Waals surface area contributed by atoms with Crippen LogP contribution >= 0.6 is 0 Å². The SMILES string of the molecule is CC(C)(C)OC1C2C=CC1c1ccccc12. The molecule has 1 heteroatoms. The lowest BCUT2D eigenvalue weighted by atomic mass is 9.97. The molecule has 0 amide bonds. The summed E-state index contributed by atoms with van der Waals surface area (Å²) in [7, 11) is 0. The number of benzene rings is 1. The van der Waals surface area contributed by atoms with Crippen molar-refractivity contribution in [2.75, 3.05) is 0 Å². The molecule has 0 spiro atoms. The number of hydrogen-bond acceptors (Lipinski definition) is 1. The second-order valence-corrected chi connectivity index (χ2v) is 5.76. The minimum Gasteiger partial charge on any atom is -0.371 e. The first kappa shape index (κ1) is 10.1. The van der Waals surface area contributed by atoms with Crippen LogP contribution in [0.2, 0.25) is 0 Å². The quantitative estimate of drug-likeness (QED) is 0.649. The molecule has 1 aromatic carbocycles. The van der Waals surface area contributed by atoms with Crippen molar-refractivity contribution in [3.63, 3.8) is 0 Å². The van der Waals surface area contributed by atoms with Crippen LogP contribution in [0.3, 0.4) is 0 Å². The molecule has 0 saturated heterocycles. The summed E-state index contributed by atoms with van der Waals surface area (Å²) in [5, 5.41) is 0. The van der Waals surface area contributed by atoms with Crippen molar-refractivity contribution < 1.29 is 4.74 Å². The fourth-order valence-corrected chi connectivity index (χ4v) is 2.92. The van der Waals surface area contributed by atoms with E-state index in [1.54, 1.807) is 0 Å². The molecular weight excluding hydrogens is 196 g/mol. The highest BCUT2D eigenvalue weighted by Crippen LogP contribution is 2.50. The van der Waals surface area contributed by atoms with Crippen LogP contribution in [-0.2, 0) is 4.74 Å². The first-order valence-corrected chi connectivity index (χ1v) is 6.01. The van der Waals surface area contributed by atoms with E-state index >= 15 is 0 Å². The van der Waals surface area contributed by atoms with E-state index in [1.165, 1.54) is 11.1 Å². The molecule has 84 valence electrons. The monoisotopic (exact) mass is 214 g/mol. The highest BCUT2D eigenvalue weighted by Gasteiger charge is 2.44. The Morgan fingerprint density at radius 3 is 1.88 bits per heavy atom. The van der Waals surface area contributed by atoms with E-state index in [0.29, 0.717) is 17.9 Å². The summed E-state index contributed by atoms with van der Waals surface area (Å²) >= 11 is 0. The maximum Gasteiger partial charge on any atom is 0.0788 e. The second-order valence-electron chi connectivity index (χ2n) is 5.76. The van der Waals surface area contributed by atoms with Crippen LogP contribution in [0, 0.1) is 0 Å². The third-order valence-electron chi connectivity index (χ3n) is 3.44. The lowest BCUT2D eigenvalue weighted by molar-refractivity contribution is -0.0623. The minimum absolute atomic E-state index is 0.0603. The van der Waals surface area contributed by atoms with Crippen molar-refractivity contribution in [3.8, 4) is 0 Å². The summed E-state index contributed by atoms with van der Waals surface area (Å²) < 4.78 is 6.21. The van der Waals surface area contributed by atoms with E-state index in [4.69, 9.17) is 4.74 Å². The summed E-state index contributed by atoms with van der Waals surface area (Å²) in [6.45, 7) is 6.40. The minimum atomic E-state index is -0.0603. The Kier molecular flexibility index (Phi) is 2.02. The van der Waals surface area contributed by atoms with Gasteiger partial charge in [-0.2, -0.15) is 0 Å². The lowest BCUT2D eigenvalue weighted by Crippen LogP contribution is -2.29. The van der Waals surface area contributed by atoms with E-state index in [0.717, 1.165) is 0 Å². The Morgan fingerprint density at radius 2 is 1.44 bits per heavy atom. The van der Waals surface area contributed by atoms with Gasteiger partial charge in [0.05, 0.1) is 11.7 Å². The standard InChI is InChI=1S/C15H18O/c1-15(2,3)16-14-12-8-9-13(14)11-7-5-4-6-10(11)12/h4-9,12-14H,1-3H3. The van der Waals surface area contributed by atoms with Crippen molar-refractivity contribution in [2.24, 2.45) is 0 Å². The molecule has 1 aromatic rings. The number of fused-ring (bicyclic) bond motifs is 5. The average molecular weight is 214 g/mol. The second kappa shape index (κ2) is 3.21. The lowest BCUT2D eigenvalue weighted by Gasteiger charge is -2.28. The molecule has 0 radical (unpaired) electrons. The molecule has 1 nitrogen and oxygen atoms in total. The van der Waals surface area contributed by atoms with Gasteiger partial charge < -0.3 is 4.74 Å². The fraction of sp³-hybridized carbons (Fsp3) is 0.467. The Morgan fingerprint density at radius 1 is 0.938 bits per heavy atom. The molecule has 16 heavy (non-hydrogen) atoms. The van der Waals surface area contributed by atoms with Crippen molar-refractivity contribution in [1.82, 2.24) is 0 Å². The smallest absolute Gasteiger partial charge is 0.0788 e. The molecule has 2 aliphatic carbocycles. The molecule has 2 aliphatic rings. The van der Waals surface area contributed by atoms with E-state index in [-0.39, 0.29) is 5.60 Å². The summed E-state index contributed by atoms with van der Waals surface area (Å²) in [5.41, 5.74) is 2.86. The molecule has 0 fully saturated rings. The van der Waals surface area contributed by atoms with Gasteiger partial charge in [0.1, 0.15) is 0 Å². The molecule has 0 saturated carbocycles. The van der Waals surface area contributed by atoms with Gasteiger partial charge >= 0.3 is 0 Å². The molecule has 0 aromatic heterocycles. The zero-order valence-electron chi connectivity index (χ0n) is 10.1. The topological polar surface area (TPSA) is 9.23 Å². The average Bonchev–Trinajstić information content (AvgIpc) is 2.72. The van der Waals surface area contributed by atoms with Gasteiger partial charge in [-0.25, -0.2) is 0 Å². The van der Waals surface area contributed by atoms with Crippen LogP contribution in [0.4, 0.5) is 0 Å². The Bertz CT molecular complexity index is 406. The van der Waals surface area contributed by atoms with Crippen LogP contribution in [-0.4, -0.2) is 11.7 Å². The molecule has 0 N–H and O–H groups in total. The number of hydrogen-bond donors (Lipinski definition) is 0. The highest BCUT2D eigenvalue weighted by molar-refractivity contribution is 5.50. The molecule has 2 atom stereocenters. The third-order valence-corrected chi connectivity index (χ3v) is 3.44. The zero-order valence-corrected chi connectivity index (χ0v) is 10.1. The van der Waals surface area contributed by atoms with Gasteiger partial charge in [-0.1, -0.05) is 36.4 Å². The van der Waals surface area contributed by atoms with E-state index in [9.17, 15) is 0 Å². The van der Waals surface area contributed by atoms with Gasteiger partial charge in [0.2, 0.25) is 0 Å². The van der Waals surface area contributed by atoms with E-state index < -0.39 is 0 Å². The van der Waals surface area contributed by atoms with Crippen molar-refractivity contribution in [1.29, 1.82) is 0 Å². The van der Waals surface area contributed by atoms with Gasteiger partial charge in [0.15, 0.2) is 0 Å². The largest absolute Gasteiger partial charge is 0.371 e. The maximum atomic E-state index is 6.21. The maximum absolute atomic E-state index is 6.21. The Labute approximate surface area is 97.1 Å². The fourth-order valence-electron chi connectivity index (χ4n) is 2.92. The molecule has 3 rings (SSSR count). The summed E-state index contributed by atoms with van der Waals surface area (Å²) in [5.74, 6) is 0.945. The van der Waals surface area contributed by atoms with Crippen LogP contribution in [0.15, 0.2) is 36.4 Å². The Hall–Kier alpha value is -1.08. The predicted octanol–water partition coefficient (Wildman–Crippen LogP) is 3.62. The van der Waals surface area contributed by atoms with Crippen molar-refractivity contribution >= 4 is 0 Å². The number of rotatable bonds is 1.